The first-order chi connectivity index (χ1) is 15.4. The molecule has 0 amide bonds. The summed E-state index contributed by atoms with van der Waals surface area (Å²) in [5.74, 6) is 0.629. The molecule has 0 saturated heterocycles. The third-order valence-electron chi connectivity index (χ3n) is 6.51. The zero-order valence-corrected chi connectivity index (χ0v) is 21.1. The number of ketones is 2. The van der Waals surface area contributed by atoms with Gasteiger partial charge in [0.25, 0.3) is 0 Å². The summed E-state index contributed by atoms with van der Waals surface area (Å²) in [6.45, 7) is 0.602. The maximum Gasteiger partial charge on any atom is 0.137 e. The molecule has 6 heteroatoms. The van der Waals surface area contributed by atoms with E-state index in [2.05, 4.69) is 22.0 Å². The third-order valence-corrected chi connectivity index (χ3v) is 8.06. The van der Waals surface area contributed by atoms with Gasteiger partial charge in [-0.1, -0.05) is 42.1 Å². The number of hydrogen-bond acceptors (Lipinski definition) is 3. The Morgan fingerprint density at radius 3 is 1.97 bits per heavy atom. The Balaban J connectivity index is 0.000000165. The molecule has 1 saturated carbocycles. The second-order valence-electron chi connectivity index (χ2n) is 8.90. The Kier molecular flexibility index (Phi) is 8.09. The summed E-state index contributed by atoms with van der Waals surface area (Å²) in [4.78, 5) is 22.6. The van der Waals surface area contributed by atoms with Crippen molar-refractivity contribution in [2.45, 2.75) is 76.9 Å². The second kappa shape index (κ2) is 10.8. The standard InChI is InChI=1S/C16H19ClO2.C10H8BrClO/c17-16-9-12-8-14(18)6-5-11(12)7-13(16)10-19-15-3-1-2-4-15;11-9-4-6-1-2-8(13)3-7(6)5-10(9)12/h7,9,15H,1-6,8,10H2;4-5H,1-3H2. The summed E-state index contributed by atoms with van der Waals surface area (Å²) in [5.41, 5.74) is 5.78. The Morgan fingerprint density at radius 2 is 1.34 bits per heavy atom. The van der Waals surface area contributed by atoms with Crippen molar-refractivity contribution in [3.05, 3.63) is 66.6 Å². The van der Waals surface area contributed by atoms with Crippen LogP contribution in [0.15, 0.2) is 28.7 Å². The van der Waals surface area contributed by atoms with E-state index in [0.717, 1.165) is 39.0 Å². The number of rotatable bonds is 3. The number of benzene rings is 2. The summed E-state index contributed by atoms with van der Waals surface area (Å²) in [7, 11) is 0. The minimum Gasteiger partial charge on any atom is -0.373 e. The van der Waals surface area contributed by atoms with Crippen LogP contribution in [0.1, 0.15) is 66.3 Å². The molecule has 2 aromatic rings. The molecular weight excluding hydrogens is 511 g/mol. The highest BCUT2D eigenvalue weighted by Crippen LogP contribution is 2.30. The molecule has 3 nitrogen and oxygen atoms in total. The number of carbonyl (C=O) groups excluding carboxylic acids is 2. The van der Waals surface area contributed by atoms with Gasteiger partial charge >= 0.3 is 0 Å². The zero-order valence-electron chi connectivity index (χ0n) is 18.0. The molecule has 2 aromatic carbocycles. The topological polar surface area (TPSA) is 43.4 Å². The first-order valence-corrected chi connectivity index (χ1v) is 12.9. The van der Waals surface area contributed by atoms with Crippen LogP contribution in [-0.4, -0.2) is 17.7 Å². The number of fused-ring (bicyclic) bond motifs is 2. The van der Waals surface area contributed by atoms with E-state index in [1.165, 1.54) is 36.8 Å². The predicted octanol–water partition coefficient (Wildman–Crippen LogP) is 7.02. The van der Waals surface area contributed by atoms with Gasteiger partial charge in [-0.25, -0.2) is 0 Å². The average molecular weight is 538 g/mol. The quantitative estimate of drug-likeness (QED) is 0.422. The highest BCUT2D eigenvalue weighted by atomic mass is 79.9. The number of Topliss-reactive ketones (excluding diaryl/α,β-unsaturated/α-hetero) is 2. The zero-order chi connectivity index (χ0) is 22.7. The average Bonchev–Trinajstić information content (AvgIpc) is 3.27. The van der Waals surface area contributed by atoms with Gasteiger partial charge in [-0.05, 0) is 87.6 Å². The highest BCUT2D eigenvalue weighted by Gasteiger charge is 2.20. The molecule has 1 fully saturated rings. The Labute approximate surface area is 207 Å². The lowest BCUT2D eigenvalue weighted by Crippen LogP contribution is -2.14. The van der Waals surface area contributed by atoms with Crippen LogP contribution in [-0.2, 0) is 46.6 Å². The summed E-state index contributed by atoms with van der Waals surface area (Å²) < 4.78 is 6.85. The van der Waals surface area contributed by atoms with Crippen molar-refractivity contribution in [3.8, 4) is 0 Å². The molecule has 0 unspecified atom stereocenters. The van der Waals surface area contributed by atoms with E-state index in [1.807, 2.05) is 18.2 Å². The van der Waals surface area contributed by atoms with Crippen molar-refractivity contribution in [2.24, 2.45) is 0 Å². The van der Waals surface area contributed by atoms with Gasteiger partial charge in [0, 0.05) is 35.2 Å². The summed E-state index contributed by atoms with van der Waals surface area (Å²) in [6, 6.07) is 8.00. The molecular formula is C26H27BrCl2O3. The van der Waals surface area contributed by atoms with Crippen LogP contribution in [0.25, 0.3) is 0 Å². The molecule has 0 radical (unpaired) electrons. The number of carbonyl (C=O) groups is 2. The predicted molar refractivity (Wildman–Crippen MR) is 132 cm³/mol. The van der Waals surface area contributed by atoms with E-state index in [0.29, 0.717) is 55.0 Å². The van der Waals surface area contributed by atoms with Gasteiger partial charge in [0.15, 0.2) is 0 Å². The van der Waals surface area contributed by atoms with E-state index in [9.17, 15) is 9.59 Å². The number of aryl methyl sites for hydroxylation is 2. The molecule has 170 valence electrons. The van der Waals surface area contributed by atoms with Gasteiger partial charge in [-0.3, -0.25) is 9.59 Å². The van der Waals surface area contributed by atoms with Crippen molar-refractivity contribution >= 4 is 50.7 Å². The van der Waals surface area contributed by atoms with Gasteiger partial charge in [-0.2, -0.15) is 0 Å². The highest BCUT2D eigenvalue weighted by molar-refractivity contribution is 9.10. The minimum atomic E-state index is 0.311. The number of halogens is 3. The van der Waals surface area contributed by atoms with Crippen LogP contribution in [0, 0.1) is 0 Å². The van der Waals surface area contributed by atoms with E-state index in [1.54, 1.807) is 0 Å². The van der Waals surface area contributed by atoms with Crippen LogP contribution >= 0.6 is 39.1 Å². The van der Waals surface area contributed by atoms with Crippen LogP contribution < -0.4 is 0 Å². The fraction of sp³-hybridized carbons (Fsp3) is 0.462. The lowest BCUT2D eigenvalue weighted by atomic mass is 9.89. The largest absolute Gasteiger partial charge is 0.373 e. The van der Waals surface area contributed by atoms with Crippen molar-refractivity contribution in [3.63, 3.8) is 0 Å². The lowest BCUT2D eigenvalue weighted by molar-refractivity contribution is -0.119. The van der Waals surface area contributed by atoms with E-state index in [4.69, 9.17) is 27.9 Å². The molecule has 0 aliphatic heterocycles. The molecule has 0 spiro atoms. The summed E-state index contributed by atoms with van der Waals surface area (Å²) >= 11 is 15.6. The minimum absolute atomic E-state index is 0.311. The van der Waals surface area contributed by atoms with Gasteiger partial charge in [0.05, 0.1) is 17.7 Å². The maximum absolute atomic E-state index is 11.5. The van der Waals surface area contributed by atoms with Gasteiger partial charge in [0.1, 0.15) is 11.6 Å². The Morgan fingerprint density at radius 1 is 0.781 bits per heavy atom. The van der Waals surface area contributed by atoms with Gasteiger partial charge in [-0.15, -0.1) is 0 Å². The van der Waals surface area contributed by atoms with Gasteiger partial charge in [0.2, 0.25) is 0 Å². The van der Waals surface area contributed by atoms with E-state index in [-0.39, 0.29) is 0 Å². The van der Waals surface area contributed by atoms with Crippen molar-refractivity contribution in [1.82, 2.24) is 0 Å². The number of ether oxygens (including phenoxy) is 1. The molecule has 0 N–H and O–H groups in total. The third kappa shape index (κ3) is 6.02. The van der Waals surface area contributed by atoms with Crippen molar-refractivity contribution < 1.29 is 14.3 Å². The molecule has 5 rings (SSSR count). The van der Waals surface area contributed by atoms with Crippen LogP contribution in [0.3, 0.4) is 0 Å². The smallest absolute Gasteiger partial charge is 0.137 e. The van der Waals surface area contributed by atoms with Crippen LogP contribution in [0.4, 0.5) is 0 Å². The maximum atomic E-state index is 11.5. The SMILES string of the molecule is O=C1CCc2cc(Br)c(Cl)cc2C1.O=C1CCc2cc(COC3CCCC3)c(Cl)cc2C1. The molecule has 3 aliphatic rings. The molecule has 0 bridgehead atoms. The summed E-state index contributed by atoms with van der Waals surface area (Å²) in [5, 5.41) is 1.43. The first-order valence-electron chi connectivity index (χ1n) is 11.3. The van der Waals surface area contributed by atoms with Crippen molar-refractivity contribution in [1.29, 1.82) is 0 Å². The molecule has 0 aromatic heterocycles. The van der Waals surface area contributed by atoms with E-state index < -0.39 is 0 Å². The lowest BCUT2D eigenvalue weighted by Gasteiger charge is -2.18. The monoisotopic (exact) mass is 536 g/mol. The van der Waals surface area contributed by atoms with E-state index >= 15 is 0 Å². The van der Waals surface area contributed by atoms with Crippen LogP contribution in [0.2, 0.25) is 10.0 Å². The number of hydrogen-bond donors (Lipinski definition) is 0. The molecule has 0 heterocycles. The molecule has 3 aliphatic carbocycles. The van der Waals surface area contributed by atoms with Crippen molar-refractivity contribution in [2.75, 3.05) is 0 Å². The Bertz CT molecular complexity index is 1030. The first kappa shape index (κ1) is 23.9. The van der Waals surface area contributed by atoms with Gasteiger partial charge < -0.3 is 4.74 Å². The second-order valence-corrected chi connectivity index (χ2v) is 10.6. The fourth-order valence-corrected chi connectivity index (χ4v) is 5.48. The Hall–Kier alpha value is -1.20. The molecule has 32 heavy (non-hydrogen) atoms. The van der Waals surface area contributed by atoms with Crippen LogP contribution in [0.5, 0.6) is 0 Å². The fourth-order valence-electron chi connectivity index (χ4n) is 4.66. The molecule has 0 atom stereocenters. The normalized spacial score (nSPS) is 18.1. The summed E-state index contributed by atoms with van der Waals surface area (Å²) in [6.07, 6.45) is 9.45.